The summed E-state index contributed by atoms with van der Waals surface area (Å²) in [5, 5.41) is -1.25. The molecule has 0 spiro atoms. The van der Waals surface area contributed by atoms with E-state index < -0.39 is 21.2 Å². The zero-order chi connectivity index (χ0) is 21.7. The van der Waals surface area contributed by atoms with Gasteiger partial charge in [-0.1, -0.05) is 60.7 Å². The van der Waals surface area contributed by atoms with Gasteiger partial charge in [0.25, 0.3) is 0 Å². The van der Waals surface area contributed by atoms with E-state index in [0.29, 0.717) is 13.0 Å². The lowest BCUT2D eigenvalue weighted by Crippen LogP contribution is -2.44. The van der Waals surface area contributed by atoms with E-state index in [4.69, 9.17) is 0 Å². The van der Waals surface area contributed by atoms with Crippen molar-refractivity contribution < 1.29 is 17.9 Å². The Labute approximate surface area is 178 Å². The second-order valence-electron chi connectivity index (χ2n) is 7.31. The molecule has 0 fully saturated rings. The van der Waals surface area contributed by atoms with Gasteiger partial charge in [-0.3, -0.25) is 4.79 Å². The maximum atomic E-state index is 12.9. The molecule has 0 radical (unpaired) electrons. The number of rotatable bonds is 7. The Morgan fingerprint density at radius 1 is 1.20 bits per heavy atom. The van der Waals surface area contributed by atoms with Crippen molar-refractivity contribution in [3.05, 3.63) is 78.4 Å². The van der Waals surface area contributed by atoms with Crippen LogP contribution >= 0.6 is 0 Å². The highest BCUT2D eigenvalue weighted by Crippen LogP contribution is 2.30. The number of aryl methyl sites for hydroxylation is 1. The first-order valence-electron chi connectivity index (χ1n) is 9.91. The van der Waals surface area contributed by atoms with Crippen molar-refractivity contribution in [3.63, 3.8) is 0 Å². The molecule has 158 valence electrons. The average Bonchev–Trinajstić information content (AvgIpc) is 2.77. The number of nitrogens with zero attached hydrogens (tertiary/aromatic N) is 1. The van der Waals surface area contributed by atoms with Crippen LogP contribution in [0.5, 0.6) is 0 Å². The standard InChI is InChI=1S/C24H27NO4S/c1-4-8-23(24(26)29-3)30(27,28)25-15-13-19(14-16-25)21-11-12-22(18(2)17-21)20-9-6-5-7-10-20/h4-7,9-13,17,23H,1,8,14-16H2,2-3H3. The van der Waals surface area contributed by atoms with E-state index in [9.17, 15) is 13.2 Å². The molecule has 0 aromatic heterocycles. The number of sulfonamides is 1. The normalized spacial score (nSPS) is 15.9. The molecule has 2 aromatic carbocycles. The lowest BCUT2D eigenvalue weighted by atomic mass is 9.94. The maximum Gasteiger partial charge on any atom is 0.325 e. The van der Waals surface area contributed by atoms with Crippen molar-refractivity contribution in [2.45, 2.75) is 25.0 Å². The van der Waals surface area contributed by atoms with E-state index in [1.165, 1.54) is 34.2 Å². The van der Waals surface area contributed by atoms with Crippen LogP contribution in [-0.2, 0) is 19.6 Å². The zero-order valence-electron chi connectivity index (χ0n) is 17.4. The maximum absolute atomic E-state index is 12.9. The summed E-state index contributed by atoms with van der Waals surface area (Å²) in [6.07, 6.45) is 3.98. The number of hydrogen-bond donors (Lipinski definition) is 0. The molecule has 0 aliphatic carbocycles. The van der Waals surface area contributed by atoms with Crippen molar-refractivity contribution in [2.24, 2.45) is 0 Å². The predicted octanol–water partition coefficient (Wildman–Crippen LogP) is 4.20. The van der Waals surface area contributed by atoms with Gasteiger partial charge in [-0.2, -0.15) is 4.31 Å². The summed E-state index contributed by atoms with van der Waals surface area (Å²) in [4.78, 5) is 12.0. The van der Waals surface area contributed by atoms with Gasteiger partial charge in [-0.05, 0) is 47.6 Å². The Morgan fingerprint density at radius 3 is 2.50 bits per heavy atom. The number of ether oxygens (including phenoxy) is 1. The highest BCUT2D eigenvalue weighted by Gasteiger charge is 2.37. The van der Waals surface area contributed by atoms with Crippen LogP contribution in [0.15, 0.2) is 67.3 Å². The Balaban J connectivity index is 1.80. The summed E-state index contributed by atoms with van der Waals surface area (Å²) in [6.45, 7) is 6.22. The third-order valence-corrected chi connectivity index (χ3v) is 7.57. The summed E-state index contributed by atoms with van der Waals surface area (Å²) >= 11 is 0. The topological polar surface area (TPSA) is 63.7 Å². The molecule has 1 unspecified atom stereocenters. The fraction of sp³-hybridized carbons (Fsp3) is 0.292. The lowest BCUT2D eigenvalue weighted by molar-refractivity contribution is -0.140. The highest BCUT2D eigenvalue weighted by molar-refractivity contribution is 7.90. The molecule has 1 atom stereocenters. The number of allylic oxidation sites excluding steroid dienone is 1. The molecule has 30 heavy (non-hydrogen) atoms. The number of hydrogen-bond acceptors (Lipinski definition) is 4. The monoisotopic (exact) mass is 425 g/mol. The van der Waals surface area contributed by atoms with Crippen LogP contribution in [0.4, 0.5) is 0 Å². The van der Waals surface area contributed by atoms with Gasteiger partial charge in [0.1, 0.15) is 0 Å². The van der Waals surface area contributed by atoms with E-state index >= 15 is 0 Å². The Kier molecular flexibility index (Phi) is 6.90. The molecule has 6 heteroatoms. The van der Waals surface area contributed by atoms with Crippen molar-refractivity contribution >= 4 is 21.6 Å². The Morgan fingerprint density at radius 2 is 1.93 bits per heavy atom. The minimum absolute atomic E-state index is 0.0300. The smallest absolute Gasteiger partial charge is 0.325 e. The average molecular weight is 426 g/mol. The molecular formula is C24H27NO4S. The van der Waals surface area contributed by atoms with E-state index in [2.05, 4.69) is 48.6 Å². The van der Waals surface area contributed by atoms with Crippen LogP contribution in [0.25, 0.3) is 16.7 Å². The minimum atomic E-state index is -3.81. The SMILES string of the molecule is C=CCC(C(=O)OC)S(=O)(=O)N1CC=C(c2ccc(-c3ccccc3)c(C)c2)CC1. The van der Waals surface area contributed by atoms with Crippen molar-refractivity contribution in [2.75, 3.05) is 20.2 Å². The summed E-state index contributed by atoms with van der Waals surface area (Å²) in [5.41, 5.74) is 5.74. The first-order valence-corrected chi connectivity index (χ1v) is 11.4. The number of carbonyl (C=O) groups is 1. The molecule has 1 aliphatic heterocycles. The van der Waals surface area contributed by atoms with Gasteiger partial charge in [0.05, 0.1) is 7.11 Å². The molecule has 0 amide bonds. The number of benzene rings is 2. The van der Waals surface area contributed by atoms with Crippen LogP contribution in [0.1, 0.15) is 24.0 Å². The second kappa shape index (κ2) is 9.41. The summed E-state index contributed by atoms with van der Waals surface area (Å²) < 4.78 is 31.9. The highest BCUT2D eigenvalue weighted by atomic mass is 32.2. The summed E-state index contributed by atoms with van der Waals surface area (Å²) in [7, 11) is -2.61. The minimum Gasteiger partial charge on any atom is -0.468 e. The van der Waals surface area contributed by atoms with Crippen LogP contribution in [0, 0.1) is 6.92 Å². The largest absolute Gasteiger partial charge is 0.468 e. The van der Waals surface area contributed by atoms with Gasteiger partial charge in [-0.15, -0.1) is 6.58 Å². The molecule has 1 heterocycles. The van der Waals surface area contributed by atoms with Crippen molar-refractivity contribution in [1.29, 1.82) is 0 Å². The van der Waals surface area contributed by atoms with Gasteiger partial charge in [0.15, 0.2) is 5.25 Å². The van der Waals surface area contributed by atoms with Crippen LogP contribution in [0.3, 0.4) is 0 Å². The molecule has 5 nitrogen and oxygen atoms in total. The number of carbonyl (C=O) groups excluding carboxylic acids is 1. The van der Waals surface area contributed by atoms with Gasteiger partial charge < -0.3 is 4.74 Å². The molecule has 1 aliphatic rings. The van der Waals surface area contributed by atoms with Gasteiger partial charge >= 0.3 is 5.97 Å². The summed E-state index contributed by atoms with van der Waals surface area (Å²) in [5.74, 6) is -0.753. The van der Waals surface area contributed by atoms with Crippen molar-refractivity contribution in [3.8, 4) is 11.1 Å². The third kappa shape index (κ3) is 4.55. The van der Waals surface area contributed by atoms with Crippen molar-refractivity contribution in [1.82, 2.24) is 4.31 Å². The van der Waals surface area contributed by atoms with Crippen LogP contribution < -0.4 is 0 Å². The molecule has 0 N–H and O–H groups in total. The summed E-state index contributed by atoms with van der Waals surface area (Å²) in [6, 6.07) is 16.6. The van der Waals surface area contributed by atoms with Gasteiger partial charge in [-0.25, -0.2) is 8.42 Å². The Hall–Kier alpha value is -2.70. The van der Waals surface area contributed by atoms with Crippen LogP contribution in [-0.4, -0.2) is 44.1 Å². The first kappa shape index (κ1) is 22.0. The second-order valence-corrected chi connectivity index (χ2v) is 9.43. The van der Waals surface area contributed by atoms with E-state index in [0.717, 1.165) is 11.1 Å². The lowest BCUT2D eigenvalue weighted by Gasteiger charge is -2.29. The molecule has 2 aromatic rings. The van der Waals surface area contributed by atoms with E-state index in [-0.39, 0.29) is 13.0 Å². The van der Waals surface area contributed by atoms with Gasteiger partial charge in [0.2, 0.25) is 10.0 Å². The fourth-order valence-corrected chi connectivity index (χ4v) is 5.46. The molecule has 3 rings (SSSR count). The first-order chi connectivity index (χ1) is 14.4. The number of esters is 1. The molecule has 0 bridgehead atoms. The van der Waals surface area contributed by atoms with E-state index in [1.807, 2.05) is 24.3 Å². The molecular weight excluding hydrogens is 398 g/mol. The third-order valence-electron chi connectivity index (χ3n) is 5.42. The molecule has 0 saturated carbocycles. The van der Waals surface area contributed by atoms with Crippen LogP contribution in [0.2, 0.25) is 0 Å². The Bertz CT molecular complexity index is 1060. The quantitative estimate of drug-likeness (QED) is 0.493. The van der Waals surface area contributed by atoms with Gasteiger partial charge in [0, 0.05) is 13.1 Å². The van der Waals surface area contributed by atoms with E-state index in [1.54, 1.807) is 0 Å². The number of methoxy groups -OCH3 is 1. The molecule has 0 saturated heterocycles. The zero-order valence-corrected chi connectivity index (χ0v) is 18.2. The fourth-order valence-electron chi connectivity index (χ4n) is 3.75. The predicted molar refractivity (Wildman–Crippen MR) is 120 cm³/mol.